The van der Waals surface area contributed by atoms with Crippen molar-refractivity contribution in [2.75, 3.05) is 0 Å². The van der Waals surface area contributed by atoms with E-state index < -0.39 is 0 Å². The molecule has 0 heterocycles. The molecule has 0 saturated heterocycles. The molecule has 0 radical (unpaired) electrons. The molecule has 0 amide bonds. The van der Waals surface area contributed by atoms with Crippen LogP contribution in [0.5, 0.6) is 0 Å². The van der Waals surface area contributed by atoms with Crippen LogP contribution < -0.4 is 6.15 Å². The summed E-state index contributed by atoms with van der Waals surface area (Å²) >= 11 is 2.32. The summed E-state index contributed by atoms with van der Waals surface area (Å²) in [6.07, 6.45) is 0. The summed E-state index contributed by atoms with van der Waals surface area (Å²) in [6.45, 7) is 0. The summed E-state index contributed by atoms with van der Waals surface area (Å²) in [5.74, 6) is 0. The molecular formula is H4Cl3LiNZn. The van der Waals surface area contributed by atoms with Crippen LogP contribution in [0.4, 0.5) is 0 Å². The first-order valence-electron chi connectivity index (χ1n) is 0.645. The third-order valence-corrected chi connectivity index (χ3v) is 0. The fourth-order valence-electron chi connectivity index (χ4n) is 0. The van der Waals surface area contributed by atoms with Gasteiger partial charge in [0.15, 0.2) is 0 Å². The second kappa shape index (κ2) is 61.4. The minimum absolute atomic E-state index is 0. The van der Waals surface area contributed by atoms with Crippen LogP contribution in [-0.2, 0) is 17.3 Å². The molecule has 0 aliphatic rings. The van der Waals surface area contributed by atoms with Gasteiger partial charge in [-0.3, -0.25) is 0 Å². The molecule has 0 aromatic heterocycles. The first kappa shape index (κ1) is 24.4. The normalized spacial score (nSPS) is 2.33. The number of hydrogen-bond acceptors (Lipinski definition) is 1. The average molecular weight is 197 g/mol. The van der Waals surface area contributed by atoms with E-state index in [4.69, 9.17) is 9.69 Å². The third kappa shape index (κ3) is 36.7. The van der Waals surface area contributed by atoms with E-state index in [1.165, 1.54) is 16.7 Å². The first-order chi connectivity index (χ1) is 2.00. The van der Waals surface area contributed by atoms with Gasteiger partial charge in [0, 0.05) is 0 Å². The second-order valence-electron chi connectivity index (χ2n) is 0. The van der Waals surface area contributed by atoms with Gasteiger partial charge in [0.25, 0.3) is 0 Å². The predicted molar refractivity (Wildman–Crippen MR) is 29.7 cm³/mol. The van der Waals surface area contributed by atoms with Gasteiger partial charge in [0.2, 0.25) is 0 Å². The van der Waals surface area contributed by atoms with Crippen LogP contribution in [0, 0.1) is 0 Å². The van der Waals surface area contributed by atoms with Gasteiger partial charge in [0.1, 0.15) is 0 Å². The van der Waals surface area contributed by atoms with Crippen LogP contribution in [0.2, 0.25) is 0 Å². The van der Waals surface area contributed by atoms with Crippen molar-refractivity contribution in [1.82, 2.24) is 6.15 Å². The molecule has 0 saturated carbocycles. The molecule has 0 aliphatic carbocycles. The quantitative estimate of drug-likeness (QED) is 0.587. The van der Waals surface area contributed by atoms with E-state index in [0.717, 1.165) is 17.3 Å². The molecule has 6 heavy (non-hydrogen) atoms. The Morgan fingerprint density at radius 3 is 1.17 bits per heavy atom. The predicted octanol–water partition coefficient (Wildman–Crippen LogP) is 1.58. The van der Waals surface area contributed by atoms with Gasteiger partial charge in [-0.15, -0.1) is 12.4 Å². The summed E-state index contributed by atoms with van der Waals surface area (Å²) in [5, 5.41) is 0. The molecular weight excluding hydrogens is 193 g/mol. The van der Waals surface area contributed by atoms with Crippen LogP contribution in [0.25, 0.3) is 0 Å². The summed E-state index contributed by atoms with van der Waals surface area (Å²) in [6, 6.07) is 0. The zero-order valence-electron chi connectivity index (χ0n) is 3.58. The Labute approximate surface area is 71.5 Å². The van der Waals surface area contributed by atoms with Crippen LogP contribution in [0.15, 0.2) is 0 Å². The molecule has 0 rings (SSSR count). The summed E-state index contributed by atoms with van der Waals surface area (Å²) in [5.41, 5.74) is 0. The monoisotopic (exact) mass is 194 g/mol. The summed E-state index contributed by atoms with van der Waals surface area (Å²) in [7, 11) is 9.40. The second-order valence-corrected chi connectivity index (χ2v) is 0. The van der Waals surface area contributed by atoms with E-state index in [1.54, 1.807) is 0 Å². The Bertz CT molecular complexity index is 10.8. The number of halogens is 3. The number of rotatable bonds is 0. The van der Waals surface area contributed by atoms with Crippen molar-refractivity contribution < 1.29 is 17.3 Å². The molecule has 0 unspecified atom stereocenters. The van der Waals surface area contributed by atoms with Crippen molar-refractivity contribution >= 4 is 48.6 Å². The fraction of sp³-hybridized carbons (Fsp3) is 0. The van der Waals surface area contributed by atoms with Crippen LogP contribution in [0.1, 0.15) is 0 Å². The van der Waals surface area contributed by atoms with Gasteiger partial charge in [-0.05, 0) is 0 Å². The molecule has 6 heteroatoms. The van der Waals surface area contributed by atoms with Crippen LogP contribution >= 0.6 is 31.9 Å². The maximum atomic E-state index is 4.76. The van der Waals surface area contributed by atoms with Crippen LogP contribution in [-0.4, -0.2) is 16.7 Å². The Kier molecular flexibility index (Phi) is 250. The van der Waals surface area contributed by atoms with Gasteiger partial charge in [-0.1, -0.05) is 0 Å². The van der Waals surface area contributed by atoms with Gasteiger partial charge in [-0.2, -0.15) is 0 Å². The minimum atomic E-state index is 0. The zero-order chi connectivity index (χ0) is 4.00. The molecule has 0 spiro atoms. The van der Waals surface area contributed by atoms with Crippen LogP contribution in [0.3, 0.4) is 0 Å². The molecule has 0 aromatic rings. The zero-order valence-corrected chi connectivity index (χ0v) is 8.87. The fourth-order valence-corrected chi connectivity index (χ4v) is 0. The Hall–Kier alpha value is 2.05. The molecule has 0 aromatic carbocycles. The summed E-state index contributed by atoms with van der Waals surface area (Å²) in [4.78, 5) is 0. The number of hydrogen-bond donors (Lipinski definition) is 1. The van der Waals surface area contributed by atoms with Crippen molar-refractivity contribution in [3.63, 3.8) is 0 Å². The van der Waals surface area contributed by atoms with Crippen molar-refractivity contribution in [2.45, 2.75) is 0 Å². The Morgan fingerprint density at radius 2 is 1.17 bits per heavy atom. The van der Waals surface area contributed by atoms with Crippen molar-refractivity contribution in [3.8, 4) is 0 Å². The first-order valence-corrected chi connectivity index (χ1v) is 5.30. The standard InChI is InChI=1S/3ClH.Li.H3N.Zn/h3*1H;;1H3;/q;;;+1;;+1/p-2. The molecule has 33 valence electrons. The average Bonchev–Trinajstić information content (AvgIpc) is 1.50. The SMILES string of the molecule is Cl.N.[Cl][Zn].[Li][Cl]. The molecule has 0 fully saturated rings. The van der Waals surface area contributed by atoms with Gasteiger partial charge < -0.3 is 6.15 Å². The maximum absolute atomic E-state index is 4.76. The van der Waals surface area contributed by atoms with E-state index in [0.29, 0.717) is 0 Å². The van der Waals surface area contributed by atoms with E-state index in [2.05, 4.69) is 9.80 Å². The third-order valence-electron chi connectivity index (χ3n) is 0. The Morgan fingerprint density at radius 1 is 1.17 bits per heavy atom. The molecule has 3 N–H and O–H groups in total. The van der Waals surface area contributed by atoms with Gasteiger partial charge >= 0.3 is 53.5 Å². The molecule has 0 atom stereocenters. The molecule has 0 bridgehead atoms. The summed E-state index contributed by atoms with van der Waals surface area (Å²) < 4.78 is 0. The van der Waals surface area contributed by atoms with E-state index >= 15 is 0 Å². The van der Waals surface area contributed by atoms with Gasteiger partial charge in [0.05, 0.1) is 0 Å². The van der Waals surface area contributed by atoms with E-state index in [9.17, 15) is 0 Å². The molecule has 1 nitrogen and oxygen atoms in total. The van der Waals surface area contributed by atoms with Crippen molar-refractivity contribution in [2.24, 2.45) is 0 Å². The van der Waals surface area contributed by atoms with E-state index in [-0.39, 0.29) is 18.6 Å². The Balaban J connectivity index is -0.00000000500. The topological polar surface area (TPSA) is 35.0 Å². The van der Waals surface area contributed by atoms with Crippen molar-refractivity contribution in [3.05, 3.63) is 0 Å². The van der Waals surface area contributed by atoms with Crippen molar-refractivity contribution in [1.29, 1.82) is 0 Å². The van der Waals surface area contributed by atoms with E-state index in [1.807, 2.05) is 0 Å². The van der Waals surface area contributed by atoms with Gasteiger partial charge in [-0.25, -0.2) is 0 Å². The molecule has 0 aliphatic heterocycles.